The molecule has 0 saturated carbocycles. The monoisotopic (exact) mass is 350 g/mol. The minimum absolute atomic E-state index is 0.265. The van der Waals surface area contributed by atoms with E-state index in [0.29, 0.717) is 17.0 Å². The minimum Gasteiger partial charge on any atom is -0.497 e. The molecule has 3 N–H and O–H groups in total. The third-order valence-electron chi connectivity index (χ3n) is 4.31. The topological polar surface area (TPSA) is 82.2 Å². The summed E-state index contributed by atoms with van der Waals surface area (Å²) in [4.78, 5) is 17.3. The van der Waals surface area contributed by atoms with E-state index in [9.17, 15) is 4.79 Å². The number of hydrogen-bond acceptors (Lipinski definition) is 4. The first-order valence-electron chi connectivity index (χ1n) is 8.27. The smallest absolute Gasteiger partial charge is 0.254 e. The molecule has 1 aromatic heterocycles. The highest BCUT2D eigenvalue weighted by Crippen LogP contribution is 2.24. The van der Waals surface area contributed by atoms with Gasteiger partial charge in [-0.2, -0.15) is 0 Å². The number of anilines is 1. The van der Waals surface area contributed by atoms with Crippen LogP contribution in [-0.2, 0) is 7.05 Å². The molecular weight excluding hydrogens is 328 g/mol. The fraction of sp³-hybridized carbons (Fsp3) is 0.200. The van der Waals surface area contributed by atoms with E-state index in [1.54, 1.807) is 31.5 Å². The van der Waals surface area contributed by atoms with Gasteiger partial charge in [-0.15, -0.1) is 0 Å². The molecule has 3 rings (SSSR count). The normalized spacial score (nSPS) is 11.8. The van der Waals surface area contributed by atoms with Crippen LogP contribution >= 0.6 is 0 Å². The summed E-state index contributed by atoms with van der Waals surface area (Å²) in [5.74, 6) is 1.09. The standard InChI is InChI=1S/C20H22N4O2/c1-13-4-6-14(7-5-13)18(19-22-10-11-24(19)2)23-20(25)16-9-8-15(26-3)12-17(16)21/h4-12,18H,21H2,1-3H3,(H,23,25). The maximum Gasteiger partial charge on any atom is 0.254 e. The third kappa shape index (κ3) is 3.54. The second-order valence-corrected chi connectivity index (χ2v) is 6.17. The first-order valence-corrected chi connectivity index (χ1v) is 8.27. The lowest BCUT2D eigenvalue weighted by molar-refractivity contribution is 0.0942. The van der Waals surface area contributed by atoms with Gasteiger partial charge in [-0.3, -0.25) is 4.79 Å². The Labute approximate surface area is 152 Å². The number of carbonyl (C=O) groups is 1. The lowest BCUT2D eigenvalue weighted by Crippen LogP contribution is -2.31. The van der Waals surface area contributed by atoms with Crippen LogP contribution in [0.3, 0.4) is 0 Å². The van der Waals surface area contributed by atoms with Crippen molar-refractivity contribution >= 4 is 11.6 Å². The van der Waals surface area contributed by atoms with E-state index in [0.717, 1.165) is 17.0 Å². The van der Waals surface area contributed by atoms with Crippen LogP contribution in [0.5, 0.6) is 5.75 Å². The Morgan fingerprint density at radius 1 is 1.23 bits per heavy atom. The first-order chi connectivity index (χ1) is 12.5. The van der Waals surface area contributed by atoms with E-state index in [2.05, 4.69) is 10.3 Å². The molecule has 3 aromatic rings. The number of nitrogen functional groups attached to an aromatic ring is 1. The van der Waals surface area contributed by atoms with Crippen LogP contribution in [-0.4, -0.2) is 22.6 Å². The van der Waals surface area contributed by atoms with Crippen LogP contribution in [0.1, 0.15) is 33.4 Å². The molecule has 134 valence electrons. The number of nitrogens with zero attached hydrogens (tertiary/aromatic N) is 2. The molecule has 6 nitrogen and oxygen atoms in total. The van der Waals surface area contributed by atoms with E-state index in [-0.39, 0.29) is 11.9 Å². The van der Waals surface area contributed by atoms with Gasteiger partial charge in [-0.1, -0.05) is 29.8 Å². The molecule has 26 heavy (non-hydrogen) atoms. The number of rotatable bonds is 5. The summed E-state index contributed by atoms with van der Waals surface area (Å²) in [5, 5.41) is 3.05. The first kappa shape index (κ1) is 17.5. The number of nitrogens with two attached hydrogens (primary N) is 1. The van der Waals surface area contributed by atoms with Crippen molar-refractivity contribution in [2.24, 2.45) is 7.05 Å². The summed E-state index contributed by atoms with van der Waals surface area (Å²) in [6, 6.07) is 12.6. The molecule has 0 spiro atoms. The van der Waals surface area contributed by atoms with Gasteiger partial charge < -0.3 is 20.4 Å². The lowest BCUT2D eigenvalue weighted by atomic mass is 10.0. The van der Waals surface area contributed by atoms with E-state index < -0.39 is 0 Å². The Morgan fingerprint density at radius 3 is 2.54 bits per heavy atom. The molecule has 0 bridgehead atoms. The zero-order valence-electron chi connectivity index (χ0n) is 15.1. The van der Waals surface area contributed by atoms with Crippen LogP contribution < -0.4 is 15.8 Å². The summed E-state index contributed by atoms with van der Waals surface area (Å²) in [7, 11) is 3.46. The van der Waals surface area contributed by atoms with Crippen molar-refractivity contribution in [3.05, 3.63) is 77.4 Å². The molecule has 1 amide bonds. The number of benzene rings is 2. The molecule has 1 heterocycles. The van der Waals surface area contributed by atoms with Gasteiger partial charge in [-0.25, -0.2) is 4.98 Å². The molecule has 0 saturated heterocycles. The van der Waals surface area contributed by atoms with E-state index in [1.807, 2.05) is 49.0 Å². The van der Waals surface area contributed by atoms with Gasteiger partial charge in [-0.05, 0) is 24.6 Å². The lowest BCUT2D eigenvalue weighted by Gasteiger charge is -2.20. The zero-order chi connectivity index (χ0) is 18.7. The second-order valence-electron chi connectivity index (χ2n) is 6.17. The van der Waals surface area contributed by atoms with Gasteiger partial charge in [0.15, 0.2) is 0 Å². The van der Waals surface area contributed by atoms with Gasteiger partial charge in [0.1, 0.15) is 17.6 Å². The van der Waals surface area contributed by atoms with E-state index in [4.69, 9.17) is 10.5 Å². The number of aryl methyl sites for hydroxylation is 2. The molecular formula is C20H22N4O2. The highest BCUT2D eigenvalue weighted by molar-refractivity contribution is 5.99. The predicted octanol–water partition coefficient (Wildman–Crippen LogP) is 2.84. The molecule has 1 unspecified atom stereocenters. The fourth-order valence-electron chi connectivity index (χ4n) is 2.79. The molecule has 2 aromatic carbocycles. The van der Waals surface area contributed by atoms with E-state index in [1.165, 1.54) is 0 Å². The molecule has 0 aliphatic heterocycles. The van der Waals surface area contributed by atoms with Gasteiger partial charge >= 0.3 is 0 Å². The average Bonchev–Trinajstić information content (AvgIpc) is 3.06. The SMILES string of the molecule is COc1ccc(C(=O)NC(c2ccc(C)cc2)c2nccn2C)c(N)c1. The van der Waals surface area contributed by atoms with Crippen molar-refractivity contribution < 1.29 is 9.53 Å². The van der Waals surface area contributed by atoms with Crippen molar-refractivity contribution in [2.45, 2.75) is 13.0 Å². The Hall–Kier alpha value is -3.28. The third-order valence-corrected chi connectivity index (χ3v) is 4.31. The number of carbonyl (C=O) groups excluding carboxylic acids is 1. The molecule has 1 atom stereocenters. The fourth-order valence-corrected chi connectivity index (χ4v) is 2.79. The quantitative estimate of drug-likeness (QED) is 0.693. The highest BCUT2D eigenvalue weighted by Gasteiger charge is 2.22. The van der Waals surface area contributed by atoms with Crippen molar-refractivity contribution in [1.82, 2.24) is 14.9 Å². The van der Waals surface area contributed by atoms with Gasteiger partial charge in [0, 0.05) is 31.2 Å². The van der Waals surface area contributed by atoms with Crippen molar-refractivity contribution in [3.63, 3.8) is 0 Å². The largest absolute Gasteiger partial charge is 0.497 e. The number of hydrogen-bond donors (Lipinski definition) is 2. The summed E-state index contributed by atoms with van der Waals surface area (Å²) in [5.41, 5.74) is 8.88. The minimum atomic E-state index is -0.385. The second kappa shape index (κ2) is 7.31. The van der Waals surface area contributed by atoms with Crippen molar-refractivity contribution in [1.29, 1.82) is 0 Å². The van der Waals surface area contributed by atoms with Crippen LogP contribution in [0, 0.1) is 6.92 Å². The predicted molar refractivity (Wildman–Crippen MR) is 101 cm³/mol. The number of methoxy groups -OCH3 is 1. The van der Waals surface area contributed by atoms with Gasteiger partial charge in [0.25, 0.3) is 5.91 Å². The zero-order valence-corrected chi connectivity index (χ0v) is 15.1. The van der Waals surface area contributed by atoms with Crippen LogP contribution in [0.15, 0.2) is 54.9 Å². The van der Waals surface area contributed by atoms with Crippen molar-refractivity contribution in [2.75, 3.05) is 12.8 Å². The van der Waals surface area contributed by atoms with Gasteiger partial charge in [0.2, 0.25) is 0 Å². The molecule has 0 aliphatic rings. The summed E-state index contributed by atoms with van der Waals surface area (Å²) >= 11 is 0. The number of nitrogens with one attached hydrogen (secondary N) is 1. The average molecular weight is 350 g/mol. The van der Waals surface area contributed by atoms with Gasteiger partial charge in [0.05, 0.1) is 12.7 Å². The maximum absolute atomic E-state index is 12.9. The summed E-state index contributed by atoms with van der Waals surface area (Å²) in [6.07, 6.45) is 3.56. The van der Waals surface area contributed by atoms with E-state index >= 15 is 0 Å². The number of ether oxygens (including phenoxy) is 1. The molecule has 0 aliphatic carbocycles. The Balaban J connectivity index is 1.94. The number of imidazole rings is 1. The van der Waals surface area contributed by atoms with Crippen LogP contribution in [0.4, 0.5) is 5.69 Å². The maximum atomic E-state index is 12.9. The summed E-state index contributed by atoms with van der Waals surface area (Å²) < 4.78 is 7.03. The molecule has 6 heteroatoms. The Morgan fingerprint density at radius 2 is 1.96 bits per heavy atom. The summed E-state index contributed by atoms with van der Waals surface area (Å²) in [6.45, 7) is 2.02. The van der Waals surface area contributed by atoms with Crippen LogP contribution in [0.25, 0.3) is 0 Å². The highest BCUT2D eigenvalue weighted by atomic mass is 16.5. The van der Waals surface area contributed by atoms with Crippen molar-refractivity contribution in [3.8, 4) is 5.75 Å². The Kier molecular flexibility index (Phi) is 4.93. The molecule has 0 fully saturated rings. The van der Waals surface area contributed by atoms with Crippen LogP contribution in [0.2, 0.25) is 0 Å². The number of amides is 1. The molecule has 0 radical (unpaired) electrons. The number of aromatic nitrogens is 2. The Bertz CT molecular complexity index is 916.